The number of carbonyl (C=O) groups excluding carboxylic acids is 1. The first-order chi connectivity index (χ1) is 6.97. The van der Waals surface area contributed by atoms with Crippen molar-refractivity contribution in [3.8, 4) is 5.75 Å². The first-order valence-corrected chi connectivity index (χ1v) is 4.45. The van der Waals surface area contributed by atoms with Gasteiger partial charge in [0.1, 0.15) is 5.69 Å². The van der Waals surface area contributed by atoms with Crippen molar-refractivity contribution in [3.05, 3.63) is 22.5 Å². The molecule has 0 saturated carbocycles. The minimum absolute atomic E-state index is 0.256. The molecule has 1 aromatic heterocycles. The van der Waals surface area contributed by atoms with E-state index in [0.29, 0.717) is 0 Å². The molecule has 0 fully saturated rings. The lowest BCUT2D eigenvalue weighted by molar-refractivity contribution is 0.107. The van der Waals surface area contributed by atoms with Gasteiger partial charge in [0.25, 0.3) is 11.7 Å². The van der Waals surface area contributed by atoms with E-state index in [0.717, 1.165) is 6.07 Å². The SMILES string of the molecule is COc1c(C(F)F)cc(C(=O)Cl)nc1Cl. The highest BCUT2D eigenvalue weighted by atomic mass is 35.5. The average molecular weight is 256 g/mol. The maximum Gasteiger partial charge on any atom is 0.270 e. The lowest BCUT2D eigenvalue weighted by atomic mass is 10.2. The standard InChI is InChI=1S/C8H5Cl2F2NO2/c1-15-5-3(8(11)12)2-4(7(10)14)13-6(5)9/h2,8H,1H3. The van der Waals surface area contributed by atoms with E-state index >= 15 is 0 Å². The fourth-order valence-corrected chi connectivity index (χ4v) is 1.36. The third kappa shape index (κ3) is 2.54. The molecule has 0 aliphatic heterocycles. The third-order valence-corrected chi connectivity index (χ3v) is 2.05. The minimum Gasteiger partial charge on any atom is -0.493 e. The van der Waals surface area contributed by atoms with Crippen LogP contribution in [-0.2, 0) is 0 Å². The minimum atomic E-state index is -2.82. The van der Waals surface area contributed by atoms with Gasteiger partial charge in [-0.15, -0.1) is 0 Å². The molecule has 0 spiro atoms. The smallest absolute Gasteiger partial charge is 0.270 e. The number of aromatic nitrogens is 1. The first kappa shape index (κ1) is 12.1. The van der Waals surface area contributed by atoms with Crippen LogP contribution >= 0.6 is 23.2 Å². The fourth-order valence-electron chi connectivity index (χ4n) is 0.986. The van der Waals surface area contributed by atoms with E-state index in [2.05, 4.69) is 9.72 Å². The van der Waals surface area contributed by atoms with E-state index in [1.54, 1.807) is 0 Å². The molecule has 0 aliphatic rings. The molecule has 1 rings (SSSR count). The van der Waals surface area contributed by atoms with Crippen LogP contribution in [0.5, 0.6) is 5.75 Å². The summed E-state index contributed by atoms with van der Waals surface area (Å²) in [5, 5.41) is -1.28. The van der Waals surface area contributed by atoms with Gasteiger partial charge in [0, 0.05) is 0 Å². The zero-order valence-electron chi connectivity index (χ0n) is 7.43. The highest BCUT2D eigenvalue weighted by Gasteiger charge is 2.21. The lowest BCUT2D eigenvalue weighted by Crippen LogP contribution is -2.01. The Morgan fingerprint density at radius 2 is 2.20 bits per heavy atom. The first-order valence-electron chi connectivity index (χ1n) is 3.69. The van der Waals surface area contributed by atoms with Crippen LogP contribution in [0.1, 0.15) is 22.5 Å². The summed E-state index contributed by atoms with van der Waals surface area (Å²) in [5.74, 6) is -0.256. The van der Waals surface area contributed by atoms with Gasteiger partial charge >= 0.3 is 0 Å². The molecule has 1 heterocycles. The van der Waals surface area contributed by atoms with Gasteiger partial charge in [-0.1, -0.05) is 11.6 Å². The molecule has 0 saturated heterocycles. The second-order valence-electron chi connectivity index (χ2n) is 2.50. The Kier molecular flexibility index (Phi) is 3.82. The van der Waals surface area contributed by atoms with Crippen molar-refractivity contribution in [1.29, 1.82) is 0 Å². The van der Waals surface area contributed by atoms with Crippen molar-refractivity contribution >= 4 is 28.4 Å². The van der Waals surface area contributed by atoms with Crippen LogP contribution in [0.25, 0.3) is 0 Å². The maximum atomic E-state index is 12.5. The Balaban J connectivity index is 3.38. The summed E-state index contributed by atoms with van der Waals surface area (Å²) in [6.07, 6.45) is -2.82. The van der Waals surface area contributed by atoms with E-state index in [4.69, 9.17) is 23.2 Å². The number of ether oxygens (including phenoxy) is 1. The summed E-state index contributed by atoms with van der Waals surface area (Å²) >= 11 is 10.6. The number of halogens is 4. The van der Waals surface area contributed by atoms with Crippen LogP contribution < -0.4 is 4.74 Å². The van der Waals surface area contributed by atoms with Gasteiger partial charge in [-0.05, 0) is 17.7 Å². The molecule has 82 valence electrons. The second-order valence-corrected chi connectivity index (χ2v) is 3.20. The molecule has 7 heteroatoms. The Morgan fingerprint density at radius 3 is 2.60 bits per heavy atom. The van der Waals surface area contributed by atoms with Crippen LogP contribution in [0, 0.1) is 0 Å². The summed E-state index contributed by atoms with van der Waals surface area (Å²) in [4.78, 5) is 14.2. The fraction of sp³-hybridized carbons (Fsp3) is 0.250. The van der Waals surface area contributed by atoms with Crippen LogP contribution in [-0.4, -0.2) is 17.3 Å². The Morgan fingerprint density at radius 1 is 1.60 bits per heavy atom. The number of pyridine rings is 1. The van der Waals surface area contributed by atoms with E-state index in [-0.39, 0.29) is 16.6 Å². The van der Waals surface area contributed by atoms with E-state index < -0.39 is 17.2 Å². The van der Waals surface area contributed by atoms with Gasteiger partial charge in [0.15, 0.2) is 10.9 Å². The molecule has 0 bridgehead atoms. The van der Waals surface area contributed by atoms with Gasteiger partial charge in [0.2, 0.25) is 0 Å². The zero-order valence-corrected chi connectivity index (χ0v) is 8.94. The topological polar surface area (TPSA) is 39.2 Å². The highest BCUT2D eigenvalue weighted by Crippen LogP contribution is 2.34. The molecule has 0 amide bonds. The number of rotatable bonds is 3. The van der Waals surface area contributed by atoms with Crippen molar-refractivity contribution in [2.45, 2.75) is 6.43 Å². The van der Waals surface area contributed by atoms with Crippen LogP contribution in [0.15, 0.2) is 6.07 Å². The predicted octanol–water partition coefficient (Wildman–Crippen LogP) is 3.06. The molecule has 0 atom stereocenters. The van der Waals surface area contributed by atoms with Gasteiger partial charge in [-0.25, -0.2) is 13.8 Å². The summed E-state index contributed by atoms with van der Waals surface area (Å²) < 4.78 is 29.7. The molecule has 15 heavy (non-hydrogen) atoms. The molecule has 1 aromatic rings. The van der Waals surface area contributed by atoms with Crippen LogP contribution in [0.4, 0.5) is 8.78 Å². The molecule has 0 aromatic carbocycles. The normalized spacial score (nSPS) is 10.5. The maximum absolute atomic E-state index is 12.5. The number of methoxy groups -OCH3 is 1. The number of alkyl halides is 2. The van der Waals surface area contributed by atoms with Crippen LogP contribution in [0.2, 0.25) is 5.15 Å². The molecular weight excluding hydrogens is 251 g/mol. The van der Waals surface area contributed by atoms with E-state index in [1.807, 2.05) is 0 Å². The zero-order chi connectivity index (χ0) is 11.6. The molecule has 0 aliphatic carbocycles. The highest BCUT2D eigenvalue weighted by molar-refractivity contribution is 6.67. The van der Waals surface area contributed by atoms with Gasteiger partial charge in [-0.2, -0.15) is 0 Å². The van der Waals surface area contributed by atoms with Gasteiger partial charge in [-0.3, -0.25) is 4.79 Å². The second kappa shape index (κ2) is 4.72. The van der Waals surface area contributed by atoms with Crippen molar-refractivity contribution in [2.24, 2.45) is 0 Å². The number of carbonyl (C=O) groups is 1. The number of hydrogen-bond acceptors (Lipinski definition) is 3. The van der Waals surface area contributed by atoms with Crippen molar-refractivity contribution in [3.63, 3.8) is 0 Å². The number of nitrogens with zero attached hydrogens (tertiary/aromatic N) is 1. The largest absolute Gasteiger partial charge is 0.493 e. The molecule has 0 N–H and O–H groups in total. The summed E-state index contributed by atoms with van der Waals surface area (Å²) in [6.45, 7) is 0. The molecule has 0 radical (unpaired) electrons. The predicted molar refractivity (Wildman–Crippen MR) is 50.9 cm³/mol. The van der Waals surface area contributed by atoms with E-state index in [1.165, 1.54) is 7.11 Å². The van der Waals surface area contributed by atoms with Crippen molar-refractivity contribution in [2.75, 3.05) is 7.11 Å². The Bertz CT molecular complexity index is 398. The summed E-state index contributed by atoms with van der Waals surface area (Å²) in [5.41, 5.74) is -0.848. The van der Waals surface area contributed by atoms with Crippen molar-refractivity contribution < 1.29 is 18.3 Å². The number of hydrogen-bond donors (Lipinski definition) is 0. The molecular formula is C8H5Cl2F2NO2. The quantitative estimate of drug-likeness (QED) is 0.616. The molecule has 0 unspecified atom stereocenters. The van der Waals surface area contributed by atoms with Crippen LogP contribution in [0.3, 0.4) is 0 Å². The van der Waals surface area contributed by atoms with Gasteiger partial charge < -0.3 is 4.74 Å². The average Bonchev–Trinajstić information content (AvgIpc) is 2.16. The summed E-state index contributed by atoms with van der Waals surface area (Å²) in [6, 6.07) is 0.852. The lowest BCUT2D eigenvalue weighted by Gasteiger charge is -2.09. The Labute approximate surface area is 94.0 Å². The Hall–Kier alpha value is -0.940. The third-order valence-electron chi connectivity index (χ3n) is 1.60. The molecule has 3 nitrogen and oxygen atoms in total. The monoisotopic (exact) mass is 255 g/mol. The van der Waals surface area contributed by atoms with Gasteiger partial charge in [0.05, 0.1) is 12.7 Å². The van der Waals surface area contributed by atoms with Crippen molar-refractivity contribution in [1.82, 2.24) is 4.98 Å². The summed E-state index contributed by atoms with van der Waals surface area (Å²) in [7, 11) is 1.18. The van der Waals surface area contributed by atoms with E-state index in [9.17, 15) is 13.6 Å².